The topological polar surface area (TPSA) is 41.5 Å². The van der Waals surface area contributed by atoms with Gasteiger partial charge in [-0.15, -0.1) is 0 Å². The van der Waals surface area contributed by atoms with Crippen molar-refractivity contribution >= 4 is 0 Å². The van der Waals surface area contributed by atoms with Crippen molar-refractivity contribution in [2.45, 2.75) is 5.54 Å². The van der Waals surface area contributed by atoms with Gasteiger partial charge in [0.2, 0.25) is 0 Å². The number of hydrogen-bond acceptors (Lipinski definition) is 3. The van der Waals surface area contributed by atoms with Gasteiger partial charge in [0.15, 0.2) is 0 Å². The lowest BCUT2D eigenvalue weighted by atomic mass is 9.92. The van der Waals surface area contributed by atoms with Crippen molar-refractivity contribution in [2.75, 3.05) is 20.3 Å². The average molecular weight is 275 g/mol. The molecule has 2 aromatic rings. The van der Waals surface area contributed by atoms with Crippen LogP contribution in [0.5, 0.6) is 5.75 Å². The van der Waals surface area contributed by atoms with Gasteiger partial charge in [0, 0.05) is 6.07 Å². The van der Waals surface area contributed by atoms with Crippen LogP contribution in [0.2, 0.25) is 0 Å². The molecule has 0 aromatic heterocycles. The van der Waals surface area contributed by atoms with Crippen LogP contribution < -0.4 is 10.1 Å². The number of likely N-dealkylation sites (N-methyl/N-ethyl adjacent to an activating group) is 1. The zero-order valence-electron chi connectivity index (χ0n) is 11.3. The summed E-state index contributed by atoms with van der Waals surface area (Å²) in [5, 5.41) is 12.8. The Morgan fingerprint density at radius 2 is 1.90 bits per heavy atom. The summed E-state index contributed by atoms with van der Waals surface area (Å²) in [4.78, 5) is 0. The summed E-state index contributed by atoms with van der Waals surface area (Å²) in [6.45, 7) is 0.0797. The zero-order chi connectivity index (χ0) is 14.4. The van der Waals surface area contributed by atoms with Crippen LogP contribution in [0.3, 0.4) is 0 Å². The Balaban J connectivity index is 2.18. The van der Waals surface area contributed by atoms with Crippen LogP contribution >= 0.6 is 0 Å². The molecular formula is C16H18FNO2. The van der Waals surface area contributed by atoms with Crippen LogP contribution in [-0.2, 0) is 5.54 Å². The third-order valence-corrected chi connectivity index (χ3v) is 3.36. The summed E-state index contributed by atoms with van der Waals surface area (Å²) >= 11 is 0. The SMILES string of the molecule is CNC(CO)(COc1cccc(F)c1)c1ccccc1. The largest absolute Gasteiger partial charge is 0.491 e. The molecule has 0 aliphatic rings. The molecule has 0 fully saturated rings. The Hall–Kier alpha value is -1.91. The van der Waals surface area contributed by atoms with Gasteiger partial charge >= 0.3 is 0 Å². The summed E-state index contributed by atoms with van der Waals surface area (Å²) in [5.74, 6) is 0.0928. The van der Waals surface area contributed by atoms with Gasteiger partial charge in [-0.3, -0.25) is 0 Å². The molecule has 0 bridgehead atoms. The minimum atomic E-state index is -0.715. The van der Waals surface area contributed by atoms with E-state index in [4.69, 9.17) is 4.74 Å². The predicted molar refractivity (Wildman–Crippen MR) is 76.2 cm³/mol. The Morgan fingerprint density at radius 3 is 2.50 bits per heavy atom. The predicted octanol–water partition coefficient (Wildman–Crippen LogP) is 2.31. The fourth-order valence-electron chi connectivity index (χ4n) is 2.04. The number of ether oxygens (including phenoxy) is 1. The van der Waals surface area contributed by atoms with Crippen molar-refractivity contribution in [3.8, 4) is 5.75 Å². The summed E-state index contributed by atoms with van der Waals surface area (Å²) in [5.41, 5.74) is 0.203. The van der Waals surface area contributed by atoms with Crippen molar-refractivity contribution < 1.29 is 14.2 Å². The van der Waals surface area contributed by atoms with Gasteiger partial charge < -0.3 is 15.2 Å². The lowest BCUT2D eigenvalue weighted by molar-refractivity contribution is 0.108. The molecule has 1 atom stereocenters. The molecule has 1 unspecified atom stereocenters. The molecule has 0 aliphatic carbocycles. The highest BCUT2D eigenvalue weighted by molar-refractivity contribution is 5.27. The molecule has 2 aromatic carbocycles. The number of aliphatic hydroxyl groups is 1. The van der Waals surface area contributed by atoms with Crippen LogP contribution in [0, 0.1) is 5.82 Å². The minimum Gasteiger partial charge on any atom is -0.491 e. The van der Waals surface area contributed by atoms with E-state index in [-0.39, 0.29) is 19.0 Å². The van der Waals surface area contributed by atoms with E-state index in [1.165, 1.54) is 12.1 Å². The smallest absolute Gasteiger partial charge is 0.126 e. The van der Waals surface area contributed by atoms with E-state index >= 15 is 0 Å². The van der Waals surface area contributed by atoms with E-state index in [2.05, 4.69) is 5.32 Å². The van der Waals surface area contributed by atoms with Gasteiger partial charge in [0.25, 0.3) is 0 Å². The van der Waals surface area contributed by atoms with Gasteiger partial charge in [0.05, 0.1) is 6.61 Å². The maximum Gasteiger partial charge on any atom is 0.126 e. The van der Waals surface area contributed by atoms with Crippen LogP contribution in [0.15, 0.2) is 54.6 Å². The summed E-state index contributed by atoms with van der Waals surface area (Å²) < 4.78 is 18.8. The minimum absolute atomic E-state index is 0.122. The fraction of sp³-hybridized carbons (Fsp3) is 0.250. The maximum absolute atomic E-state index is 13.1. The number of nitrogens with one attached hydrogen (secondary N) is 1. The Labute approximate surface area is 118 Å². The van der Waals surface area contributed by atoms with Gasteiger partial charge in [-0.1, -0.05) is 36.4 Å². The summed E-state index contributed by atoms with van der Waals surface area (Å²) in [6.07, 6.45) is 0. The molecule has 3 nitrogen and oxygen atoms in total. The first-order valence-electron chi connectivity index (χ1n) is 6.44. The van der Waals surface area contributed by atoms with Crippen LogP contribution in [0.25, 0.3) is 0 Å². The molecule has 0 amide bonds. The van der Waals surface area contributed by atoms with Crippen LogP contribution in [0.1, 0.15) is 5.56 Å². The molecule has 0 heterocycles. The highest BCUT2D eigenvalue weighted by Gasteiger charge is 2.30. The quantitative estimate of drug-likeness (QED) is 0.850. The molecular weight excluding hydrogens is 257 g/mol. The highest BCUT2D eigenvalue weighted by Crippen LogP contribution is 2.22. The van der Waals surface area contributed by atoms with Gasteiger partial charge in [-0.05, 0) is 24.7 Å². The van der Waals surface area contributed by atoms with Gasteiger partial charge in [-0.25, -0.2) is 4.39 Å². The molecule has 0 aliphatic heterocycles. The summed E-state index contributed by atoms with van der Waals surface area (Å²) in [7, 11) is 1.76. The monoisotopic (exact) mass is 275 g/mol. The zero-order valence-corrected chi connectivity index (χ0v) is 11.3. The van der Waals surface area contributed by atoms with E-state index in [0.29, 0.717) is 5.75 Å². The molecule has 0 radical (unpaired) electrons. The van der Waals surface area contributed by atoms with E-state index in [1.807, 2.05) is 30.3 Å². The Morgan fingerprint density at radius 1 is 1.15 bits per heavy atom. The number of halogens is 1. The van der Waals surface area contributed by atoms with Gasteiger partial charge in [0.1, 0.15) is 23.7 Å². The first kappa shape index (κ1) is 14.5. The molecule has 106 valence electrons. The van der Waals surface area contributed by atoms with Crippen LogP contribution in [0.4, 0.5) is 4.39 Å². The number of rotatable bonds is 6. The molecule has 0 spiro atoms. The standard InChI is InChI=1S/C16H18FNO2/c1-18-16(11-19,13-6-3-2-4-7-13)12-20-15-9-5-8-14(17)10-15/h2-10,18-19H,11-12H2,1H3. The van der Waals surface area contributed by atoms with Gasteiger partial charge in [-0.2, -0.15) is 0 Å². The molecule has 4 heteroatoms. The lowest BCUT2D eigenvalue weighted by Crippen LogP contribution is -2.48. The number of hydrogen-bond donors (Lipinski definition) is 2. The fourth-order valence-corrected chi connectivity index (χ4v) is 2.04. The normalized spacial score (nSPS) is 13.8. The second-order valence-electron chi connectivity index (χ2n) is 4.60. The Bertz CT molecular complexity index is 541. The van der Waals surface area contributed by atoms with Crippen molar-refractivity contribution in [1.82, 2.24) is 5.32 Å². The number of benzene rings is 2. The van der Waals surface area contributed by atoms with E-state index in [1.54, 1.807) is 19.2 Å². The molecule has 0 saturated heterocycles. The highest BCUT2D eigenvalue weighted by atomic mass is 19.1. The maximum atomic E-state index is 13.1. The van der Waals surface area contributed by atoms with E-state index in [0.717, 1.165) is 5.56 Å². The third kappa shape index (κ3) is 3.15. The van der Waals surface area contributed by atoms with Crippen molar-refractivity contribution in [1.29, 1.82) is 0 Å². The molecule has 2 rings (SSSR count). The lowest BCUT2D eigenvalue weighted by Gasteiger charge is -2.32. The van der Waals surface area contributed by atoms with Crippen molar-refractivity contribution in [3.63, 3.8) is 0 Å². The van der Waals surface area contributed by atoms with Crippen molar-refractivity contribution in [3.05, 3.63) is 66.0 Å². The molecule has 0 saturated carbocycles. The first-order chi connectivity index (χ1) is 9.70. The van der Waals surface area contributed by atoms with Crippen molar-refractivity contribution in [2.24, 2.45) is 0 Å². The Kier molecular flexibility index (Phi) is 4.71. The second kappa shape index (κ2) is 6.50. The number of aliphatic hydroxyl groups excluding tert-OH is 1. The third-order valence-electron chi connectivity index (χ3n) is 3.36. The van der Waals surface area contributed by atoms with E-state index < -0.39 is 5.54 Å². The first-order valence-corrected chi connectivity index (χ1v) is 6.44. The molecule has 2 N–H and O–H groups in total. The second-order valence-corrected chi connectivity index (χ2v) is 4.60. The average Bonchev–Trinajstić information content (AvgIpc) is 2.50. The van der Waals surface area contributed by atoms with Crippen LogP contribution in [-0.4, -0.2) is 25.4 Å². The molecule has 20 heavy (non-hydrogen) atoms. The van der Waals surface area contributed by atoms with E-state index in [9.17, 15) is 9.50 Å². The summed E-state index contributed by atoms with van der Waals surface area (Å²) in [6, 6.07) is 15.5.